The Bertz CT molecular complexity index is 541. The van der Waals surface area contributed by atoms with Crippen LogP contribution in [0.15, 0.2) is 16.7 Å². The van der Waals surface area contributed by atoms with Crippen molar-refractivity contribution in [2.75, 3.05) is 6.54 Å². The van der Waals surface area contributed by atoms with Crippen molar-refractivity contribution < 1.29 is 9.63 Å². The first-order chi connectivity index (χ1) is 9.11. The summed E-state index contributed by atoms with van der Waals surface area (Å²) < 4.78 is 5.21. The third-order valence-electron chi connectivity index (χ3n) is 3.06. The molecule has 3 N–H and O–H groups in total. The molecule has 5 nitrogen and oxygen atoms in total. The summed E-state index contributed by atoms with van der Waals surface area (Å²) in [7, 11) is 0. The summed E-state index contributed by atoms with van der Waals surface area (Å²) in [5.41, 5.74) is 7.93. The van der Waals surface area contributed by atoms with Crippen LogP contribution in [0, 0.1) is 13.8 Å². The van der Waals surface area contributed by atoms with E-state index in [1.807, 2.05) is 26.0 Å². The van der Waals surface area contributed by atoms with E-state index < -0.39 is 0 Å². The molecule has 1 aromatic heterocycles. The second kappa shape index (κ2) is 5.84. The number of rotatable bonds is 5. The Morgan fingerprint density at radius 1 is 1.21 bits per heavy atom. The second-order valence-corrected chi connectivity index (χ2v) is 4.72. The third-order valence-corrected chi connectivity index (χ3v) is 3.06. The smallest absolute Gasteiger partial charge is 0.226 e. The van der Waals surface area contributed by atoms with Gasteiger partial charge in [-0.15, -0.1) is 0 Å². The Balaban J connectivity index is 2.18. The quantitative estimate of drug-likeness (QED) is 0.807. The standard InChI is InChI=1S/C14H19N3O2/c1-9-7-11(8-10(2)13(9)18)14-16-12(19-17-14)5-3-4-6-15/h7-8,18H,3-6,15H2,1-2H3. The van der Waals surface area contributed by atoms with E-state index in [9.17, 15) is 5.11 Å². The first-order valence-electron chi connectivity index (χ1n) is 6.45. The van der Waals surface area contributed by atoms with E-state index in [4.69, 9.17) is 10.3 Å². The van der Waals surface area contributed by atoms with Crippen LogP contribution in [-0.4, -0.2) is 21.8 Å². The highest BCUT2D eigenvalue weighted by Gasteiger charge is 2.11. The Hall–Kier alpha value is -1.88. The lowest BCUT2D eigenvalue weighted by Gasteiger charge is -2.04. The molecule has 1 aromatic carbocycles. The van der Waals surface area contributed by atoms with Gasteiger partial charge < -0.3 is 15.4 Å². The van der Waals surface area contributed by atoms with E-state index in [0.29, 0.717) is 24.0 Å². The molecule has 19 heavy (non-hydrogen) atoms. The third kappa shape index (κ3) is 3.12. The lowest BCUT2D eigenvalue weighted by Crippen LogP contribution is -1.99. The van der Waals surface area contributed by atoms with Crippen LogP contribution in [0.5, 0.6) is 5.75 Å². The van der Waals surface area contributed by atoms with E-state index in [1.165, 1.54) is 0 Å². The van der Waals surface area contributed by atoms with Crippen LogP contribution in [0.1, 0.15) is 29.9 Å². The highest BCUT2D eigenvalue weighted by Crippen LogP contribution is 2.27. The maximum Gasteiger partial charge on any atom is 0.226 e. The van der Waals surface area contributed by atoms with Crippen LogP contribution in [0.3, 0.4) is 0 Å². The molecule has 0 saturated carbocycles. The number of nitrogens with zero attached hydrogens (tertiary/aromatic N) is 2. The number of aromatic nitrogens is 2. The minimum atomic E-state index is 0.315. The van der Waals surface area contributed by atoms with Gasteiger partial charge in [0.2, 0.25) is 11.7 Å². The highest BCUT2D eigenvalue weighted by atomic mass is 16.5. The van der Waals surface area contributed by atoms with Crippen molar-refractivity contribution in [3.63, 3.8) is 0 Å². The molecule has 0 atom stereocenters. The SMILES string of the molecule is Cc1cc(-c2noc(CCCCN)n2)cc(C)c1O. The number of hydrogen-bond acceptors (Lipinski definition) is 5. The summed E-state index contributed by atoms with van der Waals surface area (Å²) in [5.74, 6) is 1.51. The van der Waals surface area contributed by atoms with Gasteiger partial charge in [-0.3, -0.25) is 0 Å². The van der Waals surface area contributed by atoms with Gasteiger partial charge in [0.15, 0.2) is 0 Å². The van der Waals surface area contributed by atoms with Crippen LogP contribution < -0.4 is 5.73 Å². The van der Waals surface area contributed by atoms with Crippen molar-refractivity contribution in [3.05, 3.63) is 29.2 Å². The molecule has 0 fully saturated rings. The molecule has 0 aliphatic carbocycles. The fourth-order valence-corrected chi connectivity index (χ4v) is 1.98. The Morgan fingerprint density at radius 2 is 1.89 bits per heavy atom. The molecule has 0 bridgehead atoms. The Labute approximate surface area is 112 Å². The lowest BCUT2D eigenvalue weighted by molar-refractivity contribution is 0.375. The average molecular weight is 261 g/mol. The van der Waals surface area contributed by atoms with Gasteiger partial charge >= 0.3 is 0 Å². The molecular formula is C14H19N3O2. The fourth-order valence-electron chi connectivity index (χ4n) is 1.98. The van der Waals surface area contributed by atoms with Gasteiger partial charge in [-0.1, -0.05) is 5.16 Å². The minimum Gasteiger partial charge on any atom is -0.507 e. The van der Waals surface area contributed by atoms with Crippen LogP contribution in [-0.2, 0) is 6.42 Å². The fraction of sp³-hybridized carbons (Fsp3) is 0.429. The van der Waals surface area contributed by atoms with Gasteiger partial charge in [0.1, 0.15) is 5.75 Å². The van der Waals surface area contributed by atoms with E-state index in [1.54, 1.807) is 0 Å². The van der Waals surface area contributed by atoms with Crippen molar-refractivity contribution in [1.29, 1.82) is 0 Å². The summed E-state index contributed by atoms with van der Waals surface area (Å²) in [6.45, 7) is 4.39. The maximum atomic E-state index is 9.75. The monoisotopic (exact) mass is 261 g/mol. The molecule has 1 heterocycles. The summed E-state index contributed by atoms with van der Waals surface area (Å²) >= 11 is 0. The molecule has 2 aromatic rings. The molecule has 2 rings (SSSR count). The van der Waals surface area contributed by atoms with Gasteiger partial charge in [-0.25, -0.2) is 0 Å². The number of aryl methyl sites for hydroxylation is 3. The van der Waals surface area contributed by atoms with Crippen molar-refractivity contribution in [2.45, 2.75) is 33.1 Å². The number of unbranched alkanes of at least 4 members (excludes halogenated alkanes) is 1. The van der Waals surface area contributed by atoms with E-state index >= 15 is 0 Å². The first-order valence-corrected chi connectivity index (χ1v) is 6.45. The van der Waals surface area contributed by atoms with Gasteiger partial charge in [0.05, 0.1) is 0 Å². The summed E-state index contributed by atoms with van der Waals surface area (Å²) in [4.78, 5) is 4.36. The van der Waals surface area contributed by atoms with Crippen LogP contribution in [0.4, 0.5) is 0 Å². The lowest BCUT2D eigenvalue weighted by atomic mass is 10.1. The molecule has 0 spiro atoms. The predicted octanol–water partition coefficient (Wildman–Crippen LogP) is 2.34. The minimum absolute atomic E-state index is 0.315. The summed E-state index contributed by atoms with van der Waals surface area (Å²) in [5, 5.41) is 13.7. The Morgan fingerprint density at radius 3 is 2.53 bits per heavy atom. The molecule has 0 aliphatic rings. The average Bonchev–Trinajstić information content (AvgIpc) is 2.84. The molecule has 0 radical (unpaired) electrons. The zero-order valence-corrected chi connectivity index (χ0v) is 11.3. The zero-order chi connectivity index (χ0) is 13.8. The molecule has 102 valence electrons. The molecule has 0 amide bonds. The molecule has 0 saturated heterocycles. The number of aromatic hydroxyl groups is 1. The van der Waals surface area contributed by atoms with Crippen molar-refractivity contribution in [2.24, 2.45) is 5.73 Å². The van der Waals surface area contributed by atoms with E-state index in [2.05, 4.69) is 10.1 Å². The van der Waals surface area contributed by atoms with Crippen molar-refractivity contribution >= 4 is 0 Å². The van der Waals surface area contributed by atoms with E-state index in [-0.39, 0.29) is 0 Å². The van der Waals surface area contributed by atoms with Gasteiger partial charge in [-0.2, -0.15) is 4.98 Å². The summed E-state index contributed by atoms with van der Waals surface area (Å²) in [6.07, 6.45) is 2.65. The first kappa shape index (κ1) is 13.5. The number of hydrogen-bond donors (Lipinski definition) is 2. The second-order valence-electron chi connectivity index (χ2n) is 4.72. The highest BCUT2D eigenvalue weighted by molar-refractivity contribution is 5.60. The zero-order valence-electron chi connectivity index (χ0n) is 11.3. The number of phenols is 1. The molecule has 0 unspecified atom stereocenters. The van der Waals surface area contributed by atoms with Gasteiger partial charge in [0, 0.05) is 12.0 Å². The largest absolute Gasteiger partial charge is 0.507 e. The van der Waals surface area contributed by atoms with Crippen LogP contribution in [0.25, 0.3) is 11.4 Å². The normalized spacial score (nSPS) is 10.9. The van der Waals surface area contributed by atoms with Gasteiger partial charge in [0.25, 0.3) is 0 Å². The topological polar surface area (TPSA) is 85.2 Å². The van der Waals surface area contributed by atoms with Crippen LogP contribution >= 0.6 is 0 Å². The molecular weight excluding hydrogens is 242 g/mol. The Kier molecular flexibility index (Phi) is 4.16. The van der Waals surface area contributed by atoms with Crippen LogP contribution in [0.2, 0.25) is 0 Å². The van der Waals surface area contributed by atoms with E-state index in [0.717, 1.165) is 36.0 Å². The van der Waals surface area contributed by atoms with Crippen molar-refractivity contribution in [1.82, 2.24) is 10.1 Å². The number of nitrogens with two attached hydrogens (primary N) is 1. The summed E-state index contributed by atoms with van der Waals surface area (Å²) in [6, 6.07) is 3.72. The van der Waals surface area contributed by atoms with Crippen molar-refractivity contribution in [3.8, 4) is 17.1 Å². The van der Waals surface area contributed by atoms with Gasteiger partial charge in [-0.05, 0) is 56.5 Å². The molecule has 5 heteroatoms. The molecule has 0 aliphatic heterocycles. The number of phenolic OH excluding ortho intramolecular Hbond substituents is 1. The number of benzene rings is 1. The predicted molar refractivity (Wildman–Crippen MR) is 72.9 cm³/mol. The maximum absolute atomic E-state index is 9.75.